The Bertz CT molecular complexity index is 1280. The molecule has 0 aliphatic rings. The average Bonchev–Trinajstić information content (AvgIpc) is 3.51. The summed E-state index contributed by atoms with van der Waals surface area (Å²) in [4.78, 5) is 7.83. The van der Waals surface area contributed by atoms with Crippen molar-refractivity contribution in [1.82, 2.24) is 29.9 Å². The van der Waals surface area contributed by atoms with Gasteiger partial charge in [0.15, 0.2) is 0 Å². The van der Waals surface area contributed by atoms with Crippen molar-refractivity contribution in [3.8, 4) is 22.4 Å². The van der Waals surface area contributed by atoms with E-state index in [1.54, 1.807) is 4.68 Å². The minimum absolute atomic E-state index is 0.188. The van der Waals surface area contributed by atoms with E-state index >= 15 is 0 Å². The fourth-order valence-electron chi connectivity index (χ4n) is 3.71. The van der Waals surface area contributed by atoms with Gasteiger partial charge in [-0.05, 0) is 24.6 Å². The molecule has 0 aliphatic heterocycles. The number of aryl methyl sites for hydroxylation is 1. The molecule has 0 amide bonds. The summed E-state index contributed by atoms with van der Waals surface area (Å²) in [6.45, 7) is 2.61. The Morgan fingerprint density at radius 1 is 1.10 bits per heavy atom. The maximum absolute atomic E-state index is 6.01. The number of hydrogen-bond acceptors (Lipinski definition) is 4. The lowest BCUT2D eigenvalue weighted by Crippen LogP contribution is -2.06. The van der Waals surface area contributed by atoms with Crippen molar-refractivity contribution in [2.75, 3.05) is 6.61 Å². The van der Waals surface area contributed by atoms with Gasteiger partial charge >= 0.3 is 0 Å². The number of pyridine rings is 1. The van der Waals surface area contributed by atoms with E-state index < -0.39 is 0 Å². The number of nitrogens with one attached hydrogen (secondary N) is 2. The lowest BCUT2D eigenvalue weighted by atomic mass is 10.0. The molecule has 0 aliphatic carbocycles. The highest BCUT2D eigenvalue weighted by molar-refractivity contribution is 5.94. The molecule has 0 saturated heterocycles. The van der Waals surface area contributed by atoms with Crippen LogP contribution in [0.15, 0.2) is 67.3 Å². The predicted molar refractivity (Wildman–Crippen MR) is 116 cm³/mol. The van der Waals surface area contributed by atoms with Crippen molar-refractivity contribution in [3.63, 3.8) is 0 Å². The third-order valence-corrected chi connectivity index (χ3v) is 5.16. The molecule has 30 heavy (non-hydrogen) atoms. The number of ether oxygens (including phenoxy) is 1. The molecule has 0 spiro atoms. The van der Waals surface area contributed by atoms with Crippen LogP contribution < -0.4 is 0 Å². The summed E-state index contributed by atoms with van der Waals surface area (Å²) in [7, 11) is 1.91. The molecule has 4 aromatic heterocycles. The number of benzene rings is 1. The van der Waals surface area contributed by atoms with Crippen LogP contribution in [0.5, 0.6) is 0 Å². The average molecular weight is 398 g/mol. The Morgan fingerprint density at radius 2 is 1.97 bits per heavy atom. The van der Waals surface area contributed by atoms with Crippen LogP contribution in [-0.4, -0.2) is 36.6 Å². The maximum Gasteiger partial charge on any atom is 0.137 e. The van der Waals surface area contributed by atoms with Gasteiger partial charge in [0.1, 0.15) is 11.8 Å². The normalized spacial score (nSPS) is 12.5. The zero-order valence-electron chi connectivity index (χ0n) is 16.8. The summed E-state index contributed by atoms with van der Waals surface area (Å²) in [5.74, 6) is 0. The fraction of sp³-hybridized carbons (Fsp3) is 0.174. The molecule has 0 fully saturated rings. The van der Waals surface area contributed by atoms with E-state index in [4.69, 9.17) is 4.74 Å². The highest BCUT2D eigenvalue weighted by atomic mass is 16.5. The standard InChI is InChI=1S/C23H22N6O/c1-3-30-22(15-7-5-4-6-8-15)21-10-20(27-28-21)19-13-25-23-18(19)9-16(11-24-23)17-12-26-29(2)14-17/h4-14,22H,3H2,1-2H3,(H,24,25)(H,27,28). The predicted octanol–water partition coefficient (Wildman–Crippen LogP) is 4.48. The zero-order chi connectivity index (χ0) is 20.5. The smallest absolute Gasteiger partial charge is 0.137 e. The molecule has 7 nitrogen and oxygen atoms in total. The second kappa shape index (κ2) is 7.61. The molecule has 1 aromatic carbocycles. The molecule has 4 heterocycles. The highest BCUT2D eigenvalue weighted by Crippen LogP contribution is 2.32. The van der Waals surface area contributed by atoms with E-state index in [2.05, 4.69) is 43.5 Å². The Morgan fingerprint density at radius 3 is 2.73 bits per heavy atom. The summed E-state index contributed by atoms with van der Waals surface area (Å²) in [5.41, 5.74) is 6.73. The largest absolute Gasteiger partial charge is 0.367 e. The lowest BCUT2D eigenvalue weighted by Gasteiger charge is -2.15. The summed E-state index contributed by atoms with van der Waals surface area (Å²) < 4.78 is 7.80. The van der Waals surface area contributed by atoms with E-state index in [1.165, 1.54) is 0 Å². The van der Waals surface area contributed by atoms with Crippen LogP contribution in [0, 0.1) is 0 Å². The van der Waals surface area contributed by atoms with Crippen LogP contribution in [0.2, 0.25) is 0 Å². The topological polar surface area (TPSA) is 84.4 Å². The van der Waals surface area contributed by atoms with E-state index in [1.807, 2.05) is 63.0 Å². The molecular formula is C23H22N6O. The minimum atomic E-state index is -0.188. The number of nitrogens with zero attached hydrogens (tertiary/aromatic N) is 4. The molecule has 1 atom stereocenters. The van der Waals surface area contributed by atoms with Crippen molar-refractivity contribution >= 4 is 11.0 Å². The molecule has 0 saturated carbocycles. The number of aromatic nitrogens is 6. The lowest BCUT2D eigenvalue weighted by molar-refractivity contribution is 0.0883. The third-order valence-electron chi connectivity index (χ3n) is 5.16. The first-order valence-corrected chi connectivity index (χ1v) is 9.91. The first-order chi connectivity index (χ1) is 14.7. The molecule has 2 N–H and O–H groups in total. The van der Waals surface area contributed by atoms with E-state index in [0.717, 1.165) is 44.7 Å². The van der Waals surface area contributed by atoms with Gasteiger partial charge in [-0.3, -0.25) is 9.78 Å². The summed E-state index contributed by atoms with van der Waals surface area (Å²) >= 11 is 0. The number of hydrogen-bond donors (Lipinski definition) is 2. The van der Waals surface area contributed by atoms with Gasteiger partial charge in [-0.25, -0.2) is 4.98 Å². The molecule has 0 radical (unpaired) electrons. The summed E-state index contributed by atoms with van der Waals surface area (Å²) in [6.07, 6.45) is 7.44. The Labute approximate surface area is 173 Å². The Kier molecular flexibility index (Phi) is 4.65. The quantitative estimate of drug-likeness (QED) is 0.442. The van der Waals surface area contributed by atoms with Crippen molar-refractivity contribution in [2.24, 2.45) is 7.05 Å². The van der Waals surface area contributed by atoms with E-state index in [-0.39, 0.29) is 6.10 Å². The molecule has 1 unspecified atom stereocenters. The van der Waals surface area contributed by atoms with Crippen molar-refractivity contribution in [1.29, 1.82) is 0 Å². The van der Waals surface area contributed by atoms with Crippen LogP contribution in [0.3, 0.4) is 0 Å². The second-order valence-electron chi connectivity index (χ2n) is 7.18. The minimum Gasteiger partial charge on any atom is -0.367 e. The van der Waals surface area contributed by atoms with Gasteiger partial charge in [0.2, 0.25) is 0 Å². The SMILES string of the molecule is CCOC(c1ccccc1)c1cc(-c2c[nH]c3ncc(-c4cnn(C)c4)cc23)n[nH]1. The van der Waals surface area contributed by atoms with Crippen LogP contribution in [-0.2, 0) is 11.8 Å². The zero-order valence-corrected chi connectivity index (χ0v) is 16.8. The van der Waals surface area contributed by atoms with Gasteiger partial charge in [0.05, 0.1) is 17.6 Å². The van der Waals surface area contributed by atoms with Crippen LogP contribution in [0.4, 0.5) is 0 Å². The molecule has 150 valence electrons. The number of rotatable bonds is 6. The molecule has 7 heteroatoms. The van der Waals surface area contributed by atoms with Crippen LogP contribution >= 0.6 is 0 Å². The number of H-pyrrole nitrogens is 2. The maximum atomic E-state index is 6.01. The number of aromatic amines is 2. The highest BCUT2D eigenvalue weighted by Gasteiger charge is 2.19. The molecule has 0 bridgehead atoms. The summed E-state index contributed by atoms with van der Waals surface area (Å²) in [6, 6.07) is 14.3. The molecule has 5 rings (SSSR count). The van der Waals surface area contributed by atoms with E-state index in [9.17, 15) is 0 Å². The van der Waals surface area contributed by atoms with Gasteiger partial charge in [0.25, 0.3) is 0 Å². The van der Waals surface area contributed by atoms with Crippen LogP contribution in [0.1, 0.15) is 24.3 Å². The van der Waals surface area contributed by atoms with Crippen molar-refractivity contribution in [3.05, 3.63) is 78.5 Å². The van der Waals surface area contributed by atoms with Gasteiger partial charge in [0, 0.05) is 54.3 Å². The van der Waals surface area contributed by atoms with Gasteiger partial charge in [-0.1, -0.05) is 30.3 Å². The van der Waals surface area contributed by atoms with Gasteiger partial charge in [-0.15, -0.1) is 0 Å². The van der Waals surface area contributed by atoms with Crippen molar-refractivity contribution in [2.45, 2.75) is 13.0 Å². The van der Waals surface area contributed by atoms with Gasteiger partial charge in [-0.2, -0.15) is 10.2 Å². The molecule has 5 aromatic rings. The first kappa shape index (κ1) is 18.3. The number of fused-ring (bicyclic) bond motifs is 1. The van der Waals surface area contributed by atoms with E-state index in [0.29, 0.717) is 6.61 Å². The monoisotopic (exact) mass is 398 g/mol. The third kappa shape index (κ3) is 3.29. The van der Waals surface area contributed by atoms with Crippen molar-refractivity contribution < 1.29 is 4.74 Å². The molecular weight excluding hydrogens is 376 g/mol. The second-order valence-corrected chi connectivity index (χ2v) is 7.18. The fourth-order valence-corrected chi connectivity index (χ4v) is 3.71. The first-order valence-electron chi connectivity index (χ1n) is 9.91. The Balaban J connectivity index is 1.54. The Hall–Kier alpha value is -3.71. The van der Waals surface area contributed by atoms with Gasteiger partial charge < -0.3 is 9.72 Å². The van der Waals surface area contributed by atoms with Crippen LogP contribution in [0.25, 0.3) is 33.4 Å². The summed E-state index contributed by atoms with van der Waals surface area (Å²) in [5, 5.41) is 13.0.